The van der Waals surface area contributed by atoms with Gasteiger partial charge in [0.15, 0.2) is 0 Å². The summed E-state index contributed by atoms with van der Waals surface area (Å²) in [6, 6.07) is 0. The van der Waals surface area contributed by atoms with Crippen molar-refractivity contribution in [2.24, 2.45) is 0 Å². The Bertz CT molecular complexity index is 131. The van der Waals surface area contributed by atoms with Gasteiger partial charge in [0, 0.05) is 0 Å². The van der Waals surface area contributed by atoms with Crippen molar-refractivity contribution in [3.05, 3.63) is 10.1 Å². The van der Waals surface area contributed by atoms with Crippen molar-refractivity contribution in [3.8, 4) is 0 Å². The lowest BCUT2D eigenvalue weighted by Crippen LogP contribution is -1.96. The Labute approximate surface area is 43.2 Å². The molecule has 0 heterocycles. The van der Waals surface area contributed by atoms with Crippen molar-refractivity contribution >= 4 is 7.82 Å². The summed E-state index contributed by atoms with van der Waals surface area (Å²) in [6.45, 7) is 0. The lowest BCUT2D eigenvalue weighted by atomic mass is 13.1. The standard InChI is InChI=1S/H2NO6P/c2-1(3)7-8(4,5)6/h(H2,4,5,6). The third kappa shape index (κ3) is 5.35. The first kappa shape index (κ1) is 7.35. The van der Waals surface area contributed by atoms with E-state index in [9.17, 15) is 4.57 Å². The predicted octanol–water partition coefficient (Wildman–Crippen LogP) is -0.713. The maximum Gasteiger partial charge on any atom is 0.501 e. The first-order valence-electron chi connectivity index (χ1n) is 1.31. The molecule has 0 saturated heterocycles. The average Bonchev–Trinajstić information content (AvgIpc) is 1.21. The van der Waals surface area contributed by atoms with Crippen LogP contribution in [0.25, 0.3) is 0 Å². The SMILES string of the molecule is O=[N+]([O-])OP(=O)(O)O. The second-order valence-corrected chi connectivity index (χ2v) is 1.94. The van der Waals surface area contributed by atoms with Crippen molar-refractivity contribution in [1.82, 2.24) is 0 Å². The lowest BCUT2D eigenvalue weighted by Gasteiger charge is -1.95. The van der Waals surface area contributed by atoms with E-state index < -0.39 is 12.9 Å². The van der Waals surface area contributed by atoms with E-state index in [1.54, 1.807) is 0 Å². The van der Waals surface area contributed by atoms with Crippen molar-refractivity contribution < 1.29 is 24.1 Å². The molecule has 0 aliphatic heterocycles. The smallest absolute Gasteiger partial charge is 0.305 e. The summed E-state index contributed by atoms with van der Waals surface area (Å²) in [4.78, 5) is 24.4. The molecule has 0 aliphatic carbocycles. The van der Waals surface area contributed by atoms with Crippen LogP contribution in [0.3, 0.4) is 0 Å². The Kier molecular flexibility index (Phi) is 1.91. The highest BCUT2D eigenvalue weighted by Crippen LogP contribution is 2.35. The zero-order valence-electron chi connectivity index (χ0n) is 3.42. The third-order valence-corrected chi connectivity index (χ3v) is 0.519. The zero-order valence-corrected chi connectivity index (χ0v) is 4.32. The molecule has 0 spiro atoms. The van der Waals surface area contributed by atoms with E-state index in [0.717, 1.165) is 0 Å². The monoisotopic (exact) mass is 143 g/mol. The van der Waals surface area contributed by atoms with Gasteiger partial charge in [-0.25, -0.2) is 4.57 Å². The molecule has 0 aromatic carbocycles. The minimum Gasteiger partial charge on any atom is -0.305 e. The molecule has 7 nitrogen and oxygen atoms in total. The number of rotatable bonds is 2. The average molecular weight is 143 g/mol. The lowest BCUT2D eigenvalue weighted by molar-refractivity contribution is -0.718. The summed E-state index contributed by atoms with van der Waals surface area (Å²) in [7, 11) is -4.92. The molecule has 2 N–H and O–H groups in total. The summed E-state index contributed by atoms with van der Waals surface area (Å²) < 4.78 is 12.3. The third-order valence-electron chi connectivity index (χ3n) is 0.173. The van der Waals surface area contributed by atoms with E-state index in [0.29, 0.717) is 0 Å². The Morgan fingerprint density at radius 3 is 2.00 bits per heavy atom. The topological polar surface area (TPSA) is 110 Å². The van der Waals surface area contributed by atoms with Gasteiger partial charge in [-0.3, -0.25) is 0 Å². The van der Waals surface area contributed by atoms with Gasteiger partial charge >= 0.3 is 12.9 Å². The van der Waals surface area contributed by atoms with E-state index in [1.165, 1.54) is 0 Å². The van der Waals surface area contributed by atoms with Gasteiger partial charge in [0.1, 0.15) is 0 Å². The largest absolute Gasteiger partial charge is 0.501 e. The van der Waals surface area contributed by atoms with E-state index >= 15 is 0 Å². The van der Waals surface area contributed by atoms with Gasteiger partial charge in [0.25, 0.3) is 0 Å². The van der Waals surface area contributed by atoms with Crippen molar-refractivity contribution in [2.75, 3.05) is 0 Å². The molecule has 8 heavy (non-hydrogen) atoms. The first-order chi connectivity index (χ1) is 3.42. The molecule has 0 amide bonds. The quantitative estimate of drug-likeness (QED) is 0.300. The Morgan fingerprint density at radius 1 is 1.62 bits per heavy atom. The summed E-state index contributed by atoms with van der Waals surface area (Å²) in [5.74, 6) is 0. The van der Waals surface area contributed by atoms with Crippen LogP contribution in [0.4, 0.5) is 0 Å². The van der Waals surface area contributed by atoms with Gasteiger partial charge in [0.05, 0.1) is 0 Å². The second kappa shape index (κ2) is 2.08. The minimum atomic E-state index is -4.92. The number of hydrogen-bond acceptors (Lipinski definition) is 4. The molecule has 0 aromatic rings. The van der Waals surface area contributed by atoms with Crippen LogP contribution in [0, 0.1) is 10.1 Å². The van der Waals surface area contributed by atoms with Gasteiger partial charge in [-0.2, -0.15) is 4.62 Å². The maximum atomic E-state index is 9.47. The zero-order chi connectivity index (χ0) is 6.78. The predicted molar refractivity (Wildman–Crippen MR) is 20.1 cm³/mol. The molecule has 0 aromatic heterocycles. The van der Waals surface area contributed by atoms with E-state index in [2.05, 4.69) is 4.62 Å². The molecule has 0 unspecified atom stereocenters. The fourth-order valence-corrected chi connectivity index (χ4v) is 0.261. The summed E-state index contributed by atoms with van der Waals surface area (Å²) in [6.07, 6.45) is 0. The van der Waals surface area contributed by atoms with E-state index in [1.807, 2.05) is 0 Å². The molecule has 0 aliphatic rings. The molecular weight excluding hydrogens is 141 g/mol. The first-order valence-corrected chi connectivity index (χ1v) is 2.84. The van der Waals surface area contributed by atoms with E-state index in [-0.39, 0.29) is 0 Å². The fraction of sp³-hybridized carbons (Fsp3) is 0. The van der Waals surface area contributed by atoms with Crippen LogP contribution < -0.4 is 0 Å². The summed E-state index contributed by atoms with van der Waals surface area (Å²) in [5, 5.41) is 7.55. The Morgan fingerprint density at radius 2 is 2.00 bits per heavy atom. The van der Waals surface area contributed by atoms with Crippen molar-refractivity contribution in [3.63, 3.8) is 0 Å². The highest BCUT2D eigenvalue weighted by molar-refractivity contribution is 7.46. The molecular formula is H2NO6P. The van der Waals surface area contributed by atoms with Gasteiger partial charge in [-0.15, -0.1) is 10.1 Å². The van der Waals surface area contributed by atoms with Crippen LogP contribution in [0.2, 0.25) is 0 Å². The molecule has 0 rings (SSSR count). The normalized spacial score (nSPS) is 10.8. The highest BCUT2D eigenvalue weighted by atomic mass is 31.2. The highest BCUT2D eigenvalue weighted by Gasteiger charge is 2.17. The van der Waals surface area contributed by atoms with Crippen molar-refractivity contribution in [2.45, 2.75) is 0 Å². The Hall–Kier alpha value is -0.650. The molecule has 0 radical (unpaired) electrons. The van der Waals surface area contributed by atoms with Crippen LogP contribution >= 0.6 is 7.82 Å². The summed E-state index contributed by atoms with van der Waals surface area (Å²) in [5.41, 5.74) is 0. The van der Waals surface area contributed by atoms with Gasteiger partial charge in [-0.05, 0) is 0 Å². The van der Waals surface area contributed by atoms with Crippen LogP contribution in [0.15, 0.2) is 0 Å². The van der Waals surface area contributed by atoms with Crippen LogP contribution in [0.5, 0.6) is 0 Å². The molecule has 8 heteroatoms. The molecule has 48 valence electrons. The second-order valence-electron chi connectivity index (χ2n) is 0.796. The Balaban J connectivity index is 3.74. The summed E-state index contributed by atoms with van der Waals surface area (Å²) >= 11 is 0. The van der Waals surface area contributed by atoms with Gasteiger partial charge in [0.2, 0.25) is 0 Å². The van der Waals surface area contributed by atoms with Gasteiger partial charge < -0.3 is 9.79 Å². The number of nitrogens with zero attached hydrogens (tertiary/aromatic N) is 1. The van der Waals surface area contributed by atoms with Crippen LogP contribution in [0.1, 0.15) is 0 Å². The fourth-order valence-electron chi connectivity index (χ4n) is 0.0868. The minimum absolute atomic E-state index is 1.55. The van der Waals surface area contributed by atoms with Gasteiger partial charge in [-0.1, -0.05) is 0 Å². The molecule has 0 atom stereocenters. The maximum absolute atomic E-state index is 9.47. The van der Waals surface area contributed by atoms with Crippen LogP contribution in [-0.2, 0) is 9.19 Å². The number of hydrogen-bond donors (Lipinski definition) is 2. The van der Waals surface area contributed by atoms with Crippen molar-refractivity contribution in [1.29, 1.82) is 0 Å². The van der Waals surface area contributed by atoms with Crippen LogP contribution in [-0.4, -0.2) is 14.9 Å². The molecule has 0 saturated carbocycles. The van der Waals surface area contributed by atoms with E-state index in [4.69, 9.17) is 19.9 Å². The number of phosphoric acid groups is 1. The molecule has 0 bridgehead atoms. The molecule has 0 fully saturated rings.